The normalized spacial score (nSPS) is 21.1. The fourth-order valence-corrected chi connectivity index (χ4v) is 5.85. The van der Waals surface area contributed by atoms with Crippen LogP contribution in [0.3, 0.4) is 0 Å². The van der Waals surface area contributed by atoms with Crippen molar-refractivity contribution in [3.63, 3.8) is 0 Å². The van der Waals surface area contributed by atoms with Gasteiger partial charge in [0.2, 0.25) is 8.32 Å². The van der Waals surface area contributed by atoms with Gasteiger partial charge in [-0.2, -0.15) is 0 Å². The van der Waals surface area contributed by atoms with Crippen molar-refractivity contribution in [1.29, 1.82) is 0 Å². The summed E-state index contributed by atoms with van der Waals surface area (Å²) in [7, 11) is -1.80. The molecule has 0 aromatic heterocycles. The van der Waals surface area contributed by atoms with Crippen molar-refractivity contribution in [2.75, 3.05) is 7.11 Å². The lowest BCUT2D eigenvalue weighted by atomic mass is 9.90. The summed E-state index contributed by atoms with van der Waals surface area (Å²) in [5.41, 5.74) is 0.981. The van der Waals surface area contributed by atoms with Gasteiger partial charge in [-0.1, -0.05) is 61.7 Å². The fraction of sp³-hybridized carbons (Fsp3) is 0.704. The van der Waals surface area contributed by atoms with Crippen LogP contribution >= 0.6 is 0 Å². The van der Waals surface area contributed by atoms with Crippen LogP contribution in [0, 0.1) is 11.8 Å². The number of hydrogen-bond acceptors (Lipinski definition) is 5. The van der Waals surface area contributed by atoms with Crippen LogP contribution in [0.5, 0.6) is 0 Å². The van der Waals surface area contributed by atoms with Gasteiger partial charge >= 0.3 is 0 Å². The maximum Gasteiger partial charge on any atom is 0.292 e. The van der Waals surface area contributed by atoms with Crippen LogP contribution in [0.4, 0.5) is 0 Å². The maximum absolute atomic E-state index is 11.9. The van der Waals surface area contributed by atoms with Crippen molar-refractivity contribution in [1.82, 2.24) is 0 Å². The first-order valence-electron chi connectivity index (χ1n) is 13.0. The Morgan fingerprint density at radius 1 is 1.09 bits per heavy atom. The second kappa shape index (κ2) is 15.5. The van der Waals surface area contributed by atoms with Gasteiger partial charge in [-0.3, -0.25) is 4.79 Å². The van der Waals surface area contributed by atoms with E-state index in [4.69, 9.17) is 13.7 Å². The number of carbonyl (C=O) groups is 1. The fourth-order valence-electron chi connectivity index (χ4n) is 3.96. The van der Waals surface area contributed by atoms with Crippen molar-refractivity contribution >= 4 is 28.3 Å². The third-order valence-electron chi connectivity index (χ3n) is 5.40. The molecule has 0 aromatic rings. The Kier molecular flexibility index (Phi) is 14.0. The first-order valence-corrected chi connectivity index (χ1v) is 19.8. The summed E-state index contributed by atoms with van der Waals surface area (Å²) in [6.45, 7) is 15.1. The zero-order valence-corrected chi connectivity index (χ0v) is 24.9. The highest BCUT2D eigenvalue weighted by Gasteiger charge is 2.27. The molecule has 7 heteroatoms. The van der Waals surface area contributed by atoms with Crippen molar-refractivity contribution in [2.24, 2.45) is 17.0 Å². The minimum Gasteiger partial charge on any atom is -0.520 e. The molecule has 0 heterocycles. The van der Waals surface area contributed by atoms with E-state index in [2.05, 4.69) is 68.2 Å². The molecule has 5 nitrogen and oxygen atoms in total. The van der Waals surface area contributed by atoms with Crippen molar-refractivity contribution in [2.45, 2.75) is 104 Å². The average Bonchev–Trinajstić information content (AvgIpc) is 3.08. The van der Waals surface area contributed by atoms with Crippen LogP contribution in [0.1, 0.15) is 58.3 Å². The van der Waals surface area contributed by atoms with Crippen LogP contribution in [0.25, 0.3) is 0 Å². The van der Waals surface area contributed by atoms with Gasteiger partial charge in [0.05, 0.1) is 11.8 Å². The standard InChI is InChI=1S/C27H49NO4Si2/c1-9-10-13-16-24(31-33(3,4)5)21-19-23-20-22-26(28-30-2)25(23)17-14-11-12-15-18-27(29)32-34(6,7)8/h11,14,19-25H,9-10,12-13,15-18H2,1-8H3/b14-11-,21-19+,28-26+/t23-,24-,25+/m0/s1. The topological polar surface area (TPSA) is 57.1 Å². The van der Waals surface area contributed by atoms with Gasteiger partial charge < -0.3 is 13.7 Å². The van der Waals surface area contributed by atoms with Crippen molar-refractivity contribution in [3.05, 3.63) is 36.5 Å². The molecule has 3 atom stereocenters. The summed E-state index contributed by atoms with van der Waals surface area (Å²) in [6.07, 6.45) is 21.3. The molecular formula is C27H49NO4Si2. The lowest BCUT2D eigenvalue weighted by Gasteiger charge is -2.25. The SMILES string of the molecule is CCCCC[C@@H](/C=C/[C@H]1C=C/C(=N\OC)[C@@H]1C/C=C\CCCC(=O)O[Si](C)(C)C)O[Si](C)(C)C. The number of carbonyl (C=O) groups excluding carboxylic acids is 1. The van der Waals surface area contributed by atoms with E-state index in [9.17, 15) is 4.79 Å². The molecule has 0 bridgehead atoms. The summed E-state index contributed by atoms with van der Waals surface area (Å²) in [6, 6.07) is 0. The minimum absolute atomic E-state index is 0.0682. The van der Waals surface area contributed by atoms with Gasteiger partial charge in [-0.25, -0.2) is 0 Å². The molecule has 0 saturated carbocycles. The van der Waals surface area contributed by atoms with E-state index in [1.807, 2.05) is 19.6 Å². The molecule has 0 aromatic carbocycles. The van der Waals surface area contributed by atoms with Crippen molar-refractivity contribution in [3.8, 4) is 0 Å². The molecule has 0 saturated heterocycles. The Hall–Kier alpha value is -1.45. The minimum atomic E-state index is -1.79. The Morgan fingerprint density at radius 3 is 2.44 bits per heavy atom. The van der Waals surface area contributed by atoms with Crippen LogP contribution in [0.15, 0.2) is 41.6 Å². The van der Waals surface area contributed by atoms with Gasteiger partial charge in [0.25, 0.3) is 5.97 Å². The molecule has 0 N–H and O–H groups in total. The highest BCUT2D eigenvalue weighted by Crippen LogP contribution is 2.29. The largest absolute Gasteiger partial charge is 0.520 e. The zero-order valence-electron chi connectivity index (χ0n) is 22.9. The predicted molar refractivity (Wildman–Crippen MR) is 149 cm³/mol. The van der Waals surface area contributed by atoms with Crippen LogP contribution in [0.2, 0.25) is 39.3 Å². The molecule has 0 amide bonds. The van der Waals surface area contributed by atoms with Crippen LogP contribution in [-0.4, -0.2) is 41.5 Å². The third kappa shape index (κ3) is 14.1. The van der Waals surface area contributed by atoms with Gasteiger partial charge in [-0.15, -0.1) is 0 Å². The van der Waals surface area contributed by atoms with Crippen LogP contribution in [-0.2, 0) is 18.5 Å². The molecule has 1 aliphatic carbocycles. The van der Waals surface area contributed by atoms with Gasteiger partial charge in [-0.05, 0) is 71.0 Å². The van der Waals surface area contributed by atoms with E-state index in [0.29, 0.717) is 6.42 Å². The highest BCUT2D eigenvalue weighted by atomic mass is 28.4. The number of rotatable bonds is 16. The van der Waals surface area contributed by atoms with Gasteiger partial charge in [0, 0.05) is 18.3 Å². The maximum atomic E-state index is 11.9. The van der Waals surface area contributed by atoms with Gasteiger partial charge in [0.15, 0.2) is 8.32 Å². The quantitative estimate of drug-likeness (QED) is 0.0932. The number of unbranched alkanes of at least 4 members (excludes halogenated alkanes) is 3. The second-order valence-electron chi connectivity index (χ2n) is 11.1. The first kappa shape index (κ1) is 30.6. The lowest BCUT2D eigenvalue weighted by molar-refractivity contribution is -0.135. The van der Waals surface area contributed by atoms with Gasteiger partial charge in [0.1, 0.15) is 7.11 Å². The molecule has 0 unspecified atom stereocenters. The molecule has 0 radical (unpaired) electrons. The molecule has 0 aliphatic heterocycles. The summed E-state index contributed by atoms with van der Waals surface area (Å²) in [4.78, 5) is 17.0. The summed E-state index contributed by atoms with van der Waals surface area (Å²) in [5.74, 6) is 0.470. The highest BCUT2D eigenvalue weighted by molar-refractivity contribution is 6.71. The molecule has 194 valence electrons. The molecule has 34 heavy (non-hydrogen) atoms. The van der Waals surface area contributed by atoms with Crippen molar-refractivity contribution < 1.29 is 18.5 Å². The smallest absolute Gasteiger partial charge is 0.292 e. The zero-order chi connectivity index (χ0) is 25.6. The Bertz CT molecular complexity index is 717. The molecule has 0 fully saturated rings. The lowest BCUT2D eigenvalue weighted by Crippen LogP contribution is -2.31. The van der Waals surface area contributed by atoms with E-state index in [-0.39, 0.29) is 23.9 Å². The summed E-state index contributed by atoms with van der Waals surface area (Å²) in [5, 5.41) is 4.26. The van der Waals surface area contributed by atoms with Crippen LogP contribution < -0.4 is 0 Å². The van der Waals surface area contributed by atoms with E-state index in [1.165, 1.54) is 19.3 Å². The monoisotopic (exact) mass is 507 g/mol. The Balaban J connectivity index is 2.68. The van der Waals surface area contributed by atoms with E-state index in [0.717, 1.165) is 31.4 Å². The predicted octanol–water partition coefficient (Wildman–Crippen LogP) is 7.64. The summed E-state index contributed by atoms with van der Waals surface area (Å²) < 4.78 is 12.0. The van der Waals surface area contributed by atoms with E-state index < -0.39 is 16.6 Å². The Morgan fingerprint density at radius 2 is 1.82 bits per heavy atom. The first-order chi connectivity index (χ1) is 15.9. The molecule has 1 aliphatic rings. The third-order valence-corrected chi connectivity index (χ3v) is 7.25. The number of nitrogens with zero attached hydrogens (tertiary/aromatic N) is 1. The average molecular weight is 508 g/mol. The number of hydrogen-bond donors (Lipinski definition) is 0. The number of allylic oxidation sites excluding steroid dienone is 5. The number of oxime groups is 1. The molecular weight excluding hydrogens is 458 g/mol. The van der Waals surface area contributed by atoms with E-state index in [1.54, 1.807) is 7.11 Å². The summed E-state index contributed by atoms with van der Waals surface area (Å²) >= 11 is 0. The Labute approximate surface area is 211 Å². The second-order valence-corrected chi connectivity index (χ2v) is 20.0. The molecule has 0 spiro atoms. The van der Waals surface area contributed by atoms with E-state index >= 15 is 0 Å². The molecule has 1 rings (SSSR count).